The summed E-state index contributed by atoms with van der Waals surface area (Å²) in [5, 5.41) is 5.09. The number of methoxy groups -OCH3 is 1. The number of aromatic nitrogens is 2. The first-order chi connectivity index (χ1) is 29.5. The van der Waals surface area contributed by atoms with E-state index in [-0.39, 0.29) is 31.5 Å². The molecule has 2 heterocycles. The topological polar surface area (TPSA) is 82.4 Å². The Kier molecular flexibility index (Phi) is 14.0. The highest BCUT2D eigenvalue weighted by Crippen LogP contribution is 2.38. The van der Waals surface area contributed by atoms with E-state index in [0.717, 1.165) is 52.8 Å². The van der Waals surface area contributed by atoms with Crippen LogP contribution in [0.3, 0.4) is 0 Å². The summed E-state index contributed by atoms with van der Waals surface area (Å²) in [7, 11) is 1.53. The second-order valence-corrected chi connectivity index (χ2v) is 15.5. The minimum Gasteiger partial charge on any atom is -0.497 e. The molecule has 9 nitrogen and oxygen atoms in total. The van der Waals surface area contributed by atoms with E-state index in [1.807, 2.05) is 133 Å². The average Bonchev–Trinajstić information content (AvgIpc) is 3.55. The van der Waals surface area contributed by atoms with Gasteiger partial charge < -0.3 is 33.2 Å². The van der Waals surface area contributed by atoms with E-state index < -0.39 is 30.7 Å². The number of ether oxygens (including phenoxy) is 7. The first kappa shape index (κ1) is 41.4. The van der Waals surface area contributed by atoms with Crippen molar-refractivity contribution < 1.29 is 37.5 Å². The van der Waals surface area contributed by atoms with Crippen LogP contribution in [0.25, 0.3) is 0 Å². The molecule has 5 atom stereocenters. The van der Waals surface area contributed by atoms with Gasteiger partial charge in [-0.3, -0.25) is 4.68 Å². The molecule has 8 rings (SSSR count). The van der Waals surface area contributed by atoms with Crippen molar-refractivity contribution in [2.24, 2.45) is 0 Å². The molecule has 0 radical (unpaired) electrons. The Labute approximate surface area is 351 Å². The molecule has 0 N–H and O–H groups in total. The molecule has 1 saturated heterocycles. The van der Waals surface area contributed by atoms with Crippen molar-refractivity contribution in [2.45, 2.75) is 95.8 Å². The van der Waals surface area contributed by atoms with Crippen LogP contribution < -0.4 is 9.47 Å². The molecule has 1 aliphatic carbocycles. The Morgan fingerprint density at radius 3 is 1.72 bits per heavy atom. The van der Waals surface area contributed by atoms with E-state index >= 15 is 4.39 Å². The summed E-state index contributed by atoms with van der Waals surface area (Å²) in [6.07, 6.45) is -0.357. The van der Waals surface area contributed by atoms with Gasteiger partial charge in [0.15, 0.2) is 0 Å². The zero-order chi connectivity index (χ0) is 41.1. The minimum atomic E-state index is -1.01. The molecule has 10 heteroatoms. The summed E-state index contributed by atoms with van der Waals surface area (Å²) in [5.41, 5.74) is 6.23. The second-order valence-electron chi connectivity index (χ2n) is 15.5. The fraction of sp³-hybridized carbons (Fsp3) is 0.340. The molecule has 1 aliphatic heterocycles. The van der Waals surface area contributed by atoms with Crippen LogP contribution in [0.1, 0.15) is 64.4 Å². The highest BCUT2D eigenvalue weighted by molar-refractivity contribution is 5.39. The smallest absolute Gasteiger partial charge is 0.239 e. The Bertz CT molecular complexity index is 2220. The van der Waals surface area contributed by atoms with Gasteiger partial charge in [-0.05, 0) is 60.1 Å². The van der Waals surface area contributed by atoms with Gasteiger partial charge in [0.2, 0.25) is 12.2 Å². The molecular formula is C50H53FN2O7. The maximum atomic E-state index is 15.6. The molecule has 1 saturated carbocycles. The first-order valence-electron chi connectivity index (χ1n) is 20.8. The molecule has 0 amide bonds. The fourth-order valence-corrected chi connectivity index (χ4v) is 7.75. The van der Waals surface area contributed by atoms with E-state index in [1.165, 1.54) is 13.2 Å². The lowest BCUT2D eigenvalue weighted by Gasteiger charge is -2.45. The normalized spacial score (nSPS) is 20.4. The molecule has 312 valence electrons. The van der Waals surface area contributed by atoms with Gasteiger partial charge in [0.25, 0.3) is 0 Å². The summed E-state index contributed by atoms with van der Waals surface area (Å²) in [6, 6.07) is 45.3. The van der Waals surface area contributed by atoms with Crippen LogP contribution in [0.2, 0.25) is 0 Å². The average molecular weight is 813 g/mol. The molecule has 2 fully saturated rings. The predicted octanol–water partition coefficient (Wildman–Crippen LogP) is 9.73. The number of hydrogen-bond acceptors (Lipinski definition) is 8. The highest BCUT2D eigenvalue weighted by Gasteiger charge is 2.50. The summed E-state index contributed by atoms with van der Waals surface area (Å²) in [4.78, 5) is 0. The molecule has 0 bridgehead atoms. The largest absolute Gasteiger partial charge is 0.497 e. The quantitative estimate of drug-likeness (QED) is 0.0800. The number of hydrogen-bond donors (Lipinski definition) is 0. The lowest BCUT2D eigenvalue weighted by Crippen LogP contribution is -2.62. The third kappa shape index (κ3) is 10.3. The number of benzene rings is 5. The van der Waals surface area contributed by atoms with Gasteiger partial charge in [-0.15, -0.1) is 5.10 Å². The zero-order valence-corrected chi connectivity index (χ0v) is 34.2. The number of halogens is 1. The monoisotopic (exact) mass is 812 g/mol. The van der Waals surface area contributed by atoms with Crippen molar-refractivity contribution in [1.82, 2.24) is 9.78 Å². The fourth-order valence-electron chi connectivity index (χ4n) is 7.75. The number of nitrogens with zero attached hydrogens (tertiary/aromatic N) is 2. The second kappa shape index (κ2) is 20.3. The number of rotatable bonds is 19. The van der Waals surface area contributed by atoms with Crippen molar-refractivity contribution in [3.8, 4) is 11.6 Å². The standard InChI is InChI=1S/C50H53FN2O7/c1-35-43(28-40-26-27-42(54-2)29-44(40)51)49(52-53(35)41-24-15-25-41)60-50-48(58-33-39-22-13-6-14-23-39)47(57-32-38-20-11-5-12-21-38)46(56-31-37-18-9-4-10-19-37)45(59-50)34-55-30-36-16-7-3-8-17-36/h3-14,16-23,26-27,29,41,45-48,50H,15,24-25,28,30-34H2,1-2H3/t45-,46-,47+,48-,50+/m1/s1. The Morgan fingerprint density at radius 2 is 1.20 bits per heavy atom. The van der Waals surface area contributed by atoms with Gasteiger partial charge in [-0.25, -0.2) is 4.39 Å². The van der Waals surface area contributed by atoms with Gasteiger partial charge in [-0.2, -0.15) is 0 Å². The van der Waals surface area contributed by atoms with Gasteiger partial charge >= 0.3 is 0 Å². The third-order valence-corrected chi connectivity index (χ3v) is 11.4. The molecular weight excluding hydrogens is 760 g/mol. The van der Waals surface area contributed by atoms with Gasteiger partial charge in [0.1, 0.15) is 36.0 Å². The Hall–Kier alpha value is -5.36. The molecule has 6 aromatic rings. The Balaban J connectivity index is 1.17. The SMILES string of the molecule is COc1ccc(Cc2c(O[C@@H]3O[C@H](COCc4ccccc4)[C@@H](OCc4ccccc4)[C@H](OCc4ccccc4)[C@H]3OCc3ccccc3)nn(C3CCC3)c2C)c(F)c1. The zero-order valence-electron chi connectivity index (χ0n) is 34.2. The molecule has 0 unspecified atom stereocenters. The lowest BCUT2D eigenvalue weighted by molar-refractivity contribution is -0.310. The maximum absolute atomic E-state index is 15.6. The van der Waals surface area contributed by atoms with Gasteiger partial charge in [0, 0.05) is 23.7 Å². The maximum Gasteiger partial charge on any atom is 0.239 e. The summed E-state index contributed by atoms with van der Waals surface area (Å²) in [5.74, 6) is 0.453. The minimum absolute atomic E-state index is 0.185. The van der Waals surface area contributed by atoms with Gasteiger partial charge in [-0.1, -0.05) is 127 Å². The van der Waals surface area contributed by atoms with E-state index in [4.69, 9.17) is 38.3 Å². The first-order valence-corrected chi connectivity index (χ1v) is 20.8. The molecule has 5 aromatic carbocycles. The predicted molar refractivity (Wildman–Crippen MR) is 226 cm³/mol. The van der Waals surface area contributed by atoms with E-state index in [2.05, 4.69) is 0 Å². The van der Waals surface area contributed by atoms with E-state index in [0.29, 0.717) is 37.0 Å². The molecule has 2 aliphatic rings. The van der Waals surface area contributed by atoms with Crippen molar-refractivity contribution in [3.05, 3.63) is 184 Å². The van der Waals surface area contributed by atoms with Crippen LogP contribution in [-0.4, -0.2) is 54.2 Å². The summed E-state index contributed by atoms with van der Waals surface area (Å²) >= 11 is 0. The van der Waals surface area contributed by atoms with E-state index in [9.17, 15) is 0 Å². The van der Waals surface area contributed by atoms with Crippen molar-refractivity contribution in [2.75, 3.05) is 13.7 Å². The third-order valence-electron chi connectivity index (χ3n) is 11.4. The van der Waals surface area contributed by atoms with Crippen LogP contribution in [0.5, 0.6) is 11.6 Å². The molecule has 1 aromatic heterocycles. The van der Waals surface area contributed by atoms with Crippen LogP contribution in [0.15, 0.2) is 140 Å². The van der Waals surface area contributed by atoms with Crippen LogP contribution in [0, 0.1) is 12.7 Å². The van der Waals surface area contributed by atoms with Gasteiger partial charge in [0.05, 0.1) is 46.2 Å². The van der Waals surface area contributed by atoms with Crippen LogP contribution in [-0.2, 0) is 56.5 Å². The van der Waals surface area contributed by atoms with Crippen molar-refractivity contribution >= 4 is 0 Å². The summed E-state index contributed by atoms with van der Waals surface area (Å²) in [6.45, 7) is 3.46. The molecule has 0 spiro atoms. The lowest BCUT2D eigenvalue weighted by atomic mass is 9.93. The van der Waals surface area contributed by atoms with Crippen LogP contribution in [0.4, 0.5) is 4.39 Å². The summed E-state index contributed by atoms with van der Waals surface area (Å²) < 4.78 is 64.0. The highest BCUT2D eigenvalue weighted by atomic mass is 19.1. The Morgan fingerprint density at radius 1 is 0.667 bits per heavy atom. The van der Waals surface area contributed by atoms with E-state index in [1.54, 1.807) is 12.1 Å². The van der Waals surface area contributed by atoms with Crippen molar-refractivity contribution in [1.29, 1.82) is 0 Å². The van der Waals surface area contributed by atoms with Crippen molar-refractivity contribution in [3.63, 3.8) is 0 Å². The van der Waals surface area contributed by atoms with Crippen LogP contribution >= 0.6 is 0 Å². The molecule has 60 heavy (non-hydrogen) atoms.